The molecule has 0 aliphatic carbocycles. The van der Waals surface area contributed by atoms with E-state index in [9.17, 15) is 4.79 Å². The summed E-state index contributed by atoms with van der Waals surface area (Å²) in [6, 6.07) is 0. The summed E-state index contributed by atoms with van der Waals surface area (Å²) in [5.41, 5.74) is 4.87. The van der Waals surface area contributed by atoms with Crippen LogP contribution in [0.4, 0.5) is 0 Å². The maximum Gasteiger partial charge on any atom is 0.237 e. The molecule has 0 bridgehead atoms. The van der Waals surface area contributed by atoms with Crippen molar-refractivity contribution in [1.82, 2.24) is 14.9 Å². The van der Waals surface area contributed by atoms with Gasteiger partial charge in [0, 0.05) is 25.4 Å². The first-order chi connectivity index (χ1) is 9.03. The standard InChI is InChI=1S/C14H26N4O/c1-4-6-12-16-9-11-18(12)10-7-14(3,13(15)19)17-8-5-2/h9,11,17H,4-8,10H2,1-3H3,(H2,15,19). The molecular weight excluding hydrogens is 240 g/mol. The molecule has 0 aliphatic heterocycles. The number of primary amides is 1. The predicted molar refractivity (Wildman–Crippen MR) is 76.7 cm³/mol. The van der Waals surface area contributed by atoms with Gasteiger partial charge in [-0.15, -0.1) is 0 Å². The number of aromatic nitrogens is 2. The molecule has 1 aromatic heterocycles. The van der Waals surface area contributed by atoms with Gasteiger partial charge in [-0.3, -0.25) is 4.79 Å². The van der Waals surface area contributed by atoms with Crippen molar-refractivity contribution in [1.29, 1.82) is 0 Å². The summed E-state index contributed by atoms with van der Waals surface area (Å²) < 4.78 is 2.11. The number of hydrogen-bond acceptors (Lipinski definition) is 3. The predicted octanol–water partition coefficient (Wildman–Crippen LogP) is 1.47. The first-order valence-corrected chi connectivity index (χ1v) is 7.08. The fourth-order valence-corrected chi connectivity index (χ4v) is 2.04. The van der Waals surface area contributed by atoms with Gasteiger partial charge in [0.15, 0.2) is 0 Å². The molecule has 0 fully saturated rings. The van der Waals surface area contributed by atoms with Gasteiger partial charge in [-0.25, -0.2) is 4.98 Å². The van der Waals surface area contributed by atoms with Crippen LogP contribution in [-0.2, 0) is 17.8 Å². The zero-order valence-corrected chi connectivity index (χ0v) is 12.3. The van der Waals surface area contributed by atoms with Crippen LogP contribution in [0.25, 0.3) is 0 Å². The van der Waals surface area contributed by atoms with E-state index in [4.69, 9.17) is 5.73 Å². The summed E-state index contributed by atoms with van der Waals surface area (Å²) in [5.74, 6) is 0.780. The van der Waals surface area contributed by atoms with Crippen molar-refractivity contribution >= 4 is 5.91 Å². The molecule has 1 amide bonds. The third-order valence-electron chi connectivity index (χ3n) is 3.44. The van der Waals surface area contributed by atoms with Gasteiger partial charge in [0.05, 0.1) is 5.54 Å². The molecule has 108 valence electrons. The Kier molecular flexibility index (Phi) is 6.02. The van der Waals surface area contributed by atoms with Gasteiger partial charge >= 0.3 is 0 Å². The van der Waals surface area contributed by atoms with E-state index in [2.05, 4.69) is 28.7 Å². The van der Waals surface area contributed by atoms with Crippen molar-refractivity contribution in [3.63, 3.8) is 0 Å². The highest BCUT2D eigenvalue weighted by Crippen LogP contribution is 2.12. The van der Waals surface area contributed by atoms with Crippen LogP contribution < -0.4 is 11.1 Å². The molecule has 1 unspecified atom stereocenters. The highest BCUT2D eigenvalue weighted by atomic mass is 16.1. The summed E-state index contributed by atoms with van der Waals surface area (Å²) in [4.78, 5) is 16.0. The molecule has 1 aromatic rings. The van der Waals surface area contributed by atoms with E-state index >= 15 is 0 Å². The second-order valence-corrected chi connectivity index (χ2v) is 5.16. The normalized spacial score (nSPS) is 14.3. The van der Waals surface area contributed by atoms with Gasteiger partial charge in [0.25, 0.3) is 0 Å². The highest BCUT2D eigenvalue weighted by Gasteiger charge is 2.29. The molecule has 1 rings (SSSR count). The molecule has 1 heterocycles. The Hall–Kier alpha value is -1.36. The number of amides is 1. The molecule has 0 aliphatic rings. The molecule has 0 aromatic carbocycles. The van der Waals surface area contributed by atoms with Gasteiger partial charge in [-0.1, -0.05) is 13.8 Å². The quantitative estimate of drug-likeness (QED) is 0.711. The van der Waals surface area contributed by atoms with E-state index in [1.807, 2.05) is 19.3 Å². The molecule has 5 nitrogen and oxygen atoms in total. The topological polar surface area (TPSA) is 72.9 Å². The van der Waals surface area contributed by atoms with Gasteiger partial charge < -0.3 is 15.6 Å². The number of nitrogens with two attached hydrogens (primary N) is 1. The lowest BCUT2D eigenvalue weighted by Crippen LogP contribution is -2.53. The number of carbonyl (C=O) groups is 1. The molecular formula is C14H26N4O. The van der Waals surface area contributed by atoms with Crippen LogP contribution in [0, 0.1) is 0 Å². The molecule has 3 N–H and O–H groups in total. The average Bonchev–Trinajstić information content (AvgIpc) is 2.82. The number of nitrogens with one attached hydrogen (secondary N) is 1. The summed E-state index contributed by atoms with van der Waals surface area (Å²) in [5, 5.41) is 3.25. The molecule has 0 spiro atoms. The van der Waals surface area contributed by atoms with Gasteiger partial charge in [0.2, 0.25) is 5.91 Å². The summed E-state index contributed by atoms with van der Waals surface area (Å²) in [7, 11) is 0. The fraction of sp³-hybridized carbons (Fsp3) is 0.714. The van der Waals surface area contributed by atoms with E-state index in [1.54, 1.807) is 0 Å². The number of hydrogen-bond donors (Lipinski definition) is 2. The molecule has 19 heavy (non-hydrogen) atoms. The third-order valence-corrected chi connectivity index (χ3v) is 3.44. The van der Waals surface area contributed by atoms with E-state index in [0.717, 1.165) is 38.2 Å². The van der Waals surface area contributed by atoms with Gasteiger partial charge in [-0.2, -0.15) is 0 Å². The average molecular weight is 266 g/mol. The zero-order valence-electron chi connectivity index (χ0n) is 12.3. The van der Waals surface area contributed by atoms with Crippen LogP contribution in [0.5, 0.6) is 0 Å². The van der Waals surface area contributed by atoms with E-state index in [-0.39, 0.29) is 5.91 Å². The smallest absolute Gasteiger partial charge is 0.237 e. The fourth-order valence-electron chi connectivity index (χ4n) is 2.04. The zero-order chi connectivity index (χ0) is 14.3. The van der Waals surface area contributed by atoms with Crippen LogP contribution in [0.1, 0.15) is 45.9 Å². The maximum absolute atomic E-state index is 11.6. The van der Waals surface area contributed by atoms with Crippen LogP contribution >= 0.6 is 0 Å². The summed E-state index contributed by atoms with van der Waals surface area (Å²) in [6.45, 7) is 7.64. The van der Waals surface area contributed by atoms with E-state index in [0.29, 0.717) is 6.42 Å². The monoisotopic (exact) mass is 266 g/mol. The molecule has 0 saturated heterocycles. The lowest BCUT2D eigenvalue weighted by molar-refractivity contribution is -0.124. The Morgan fingerprint density at radius 2 is 2.21 bits per heavy atom. The Bertz CT molecular complexity index is 402. The minimum atomic E-state index is -0.649. The molecule has 5 heteroatoms. The second kappa shape index (κ2) is 7.28. The lowest BCUT2D eigenvalue weighted by Gasteiger charge is -2.27. The van der Waals surface area contributed by atoms with Gasteiger partial charge in [0.1, 0.15) is 5.82 Å². The number of carbonyl (C=O) groups excluding carboxylic acids is 1. The Labute approximate surface area is 115 Å². The number of rotatable bonds is 9. The van der Waals surface area contributed by atoms with E-state index < -0.39 is 5.54 Å². The molecule has 0 radical (unpaired) electrons. The maximum atomic E-state index is 11.6. The molecule has 0 saturated carbocycles. The highest BCUT2D eigenvalue weighted by molar-refractivity contribution is 5.84. The van der Waals surface area contributed by atoms with Crippen molar-refractivity contribution in [3.05, 3.63) is 18.2 Å². The van der Waals surface area contributed by atoms with Crippen LogP contribution in [0.3, 0.4) is 0 Å². The van der Waals surface area contributed by atoms with Crippen molar-refractivity contribution in [3.8, 4) is 0 Å². The SMILES string of the molecule is CCCNC(C)(CCn1ccnc1CCC)C(N)=O. The Morgan fingerprint density at radius 3 is 2.79 bits per heavy atom. The first kappa shape index (κ1) is 15.7. The van der Waals surface area contributed by atoms with Crippen LogP contribution in [0.2, 0.25) is 0 Å². The Morgan fingerprint density at radius 1 is 1.47 bits per heavy atom. The second-order valence-electron chi connectivity index (χ2n) is 5.16. The first-order valence-electron chi connectivity index (χ1n) is 7.08. The van der Waals surface area contributed by atoms with Crippen LogP contribution in [-0.4, -0.2) is 27.5 Å². The third kappa shape index (κ3) is 4.35. The van der Waals surface area contributed by atoms with Gasteiger partial charge in [-0.05, 0) is 32.7 Å². The van der Waals surface area contributed by atoms with Crippen LogP contribution in [0.15, 0.2) is 12.4 Å². The summed E-state index contributed by atoms with van der Waals surface area (Å²) >= 11 is 0. The minimum Gasteiger partial charge on any atom is -0.368 e. The number of aryl methyl sites for hydroxylation is 2. The number of imidazole rings is 1. The largest absolute Gasteiger partial charge is 0.368 e. The minimum absolute atomic E-state index is 0.293. The lowest BCUT2D eigenvalue weighted by atomic mass is 9.96. The van der Waals surface area contributed by atoms with Crippen molar-refractivity contribution in [2.45, 2.75) is 58.5 Å². The number of nitrogens with zero attached hydrogens (tertiary/aromatic N) is 2. The Balaban J connectivity index is 2.65. The molecule has 1 atom stereocenters. The van der Waals surface area contributed by atoms with Crippen molar-refractivity contribution < 1.29 is 4.79 Å². The van der Waals surface area contributed by atoms with E-state index in [1.165, 1.54) is 0 Å². The van der Waals surface area contributed by atoms with Crippen molar-refractivity contribution in [2.24, 2.45) is 5.73 Å². The van der Waals surface area contributed by atoms with Crippen molar-refractivity contribution in [2.75, 3.05) is 6.54 Å². The summed E-state index contributed by atoms with van der Waals surface area (Å²) in [6.07, 6.45) is 7.46.